The van der Waals surface area contributed by atoms with E-state index < -0.39 is 0 Å². The van der Waals surface area contributed by atoms with E-state index >= 15 is 0 Å². The van der Waals surface area contributed by atoms with E-state index in [1.54, 1.807) is 24.1 Å². The Kier molecular flexibility index (Phi) is 4.94. The second-order valence-electron chi connectivity index (χ2n) is 7.50. The van der Waals surface area contributed by atoms with Crippen molar-refractivity contribution >= 4 is 11.9 Å². The summed E-state index contributed by atoms with van der Waals surface area (Å²) in [5, 5.41) is 7.41. The Balaban J connectivity index is 1.72. The van der Waals surface area contributed by atoms with E-state index in [2.05, 4.69) is 41.2 Å². The first-order valence-corrected chi connectivity index (χ1v) is 8.73. The molecule has 0 unspecified atom stereocenters. The maximum absolute atomic E-state index is 12.6. The van der Waals surface area contributed by atoms with Crippen LogP contribution in [0, 0.1) is 0 Å². The summed E-state index contributed by atoms with van der Waals surface area (Å²) >= 11 is 0. The Hall–Kier alpha value is -3.22. The van der Waals surface area contributed by atoms with Crippen LogP contribution in [0.5, 0.6) is 0 Å². The Morgan fingerprint density at radius 1 is 1.15 bits per heavy atom. The van der Waals surface area contributed by atoms with E-state index in [4.69, 9.17) is 5.73 Å². The third kappa shape index (κ3) is 4.31. The highest BCUT2D eigenvalue weighted by molar-refractivity contribution is 5.92. The van der Waals surface area contributed by atoms with Gasteiger partial charge in [-0.2, -0.15) is 5.10 Å². The number of nitrogens with two attached hydrogens (primary N) is 1. The predicted octanol–water partition coefficient (Wildman–Crippen LogP) is 2.69. The van der Waals surface area contributed by atoms with Crippen molar-refractivity contribution in [2.24, 2.45) is 7.05 Å². The summed E-state index contributed by atoms with van der Waals surface area (Å²) in [7, 11) is 1.78. The fourth-order valence-electron chi connectivity index (χ4n) is 2.67. The first kappa shape index (κ1) is 18.6. The number of hydrogen-bond acceptors (Lipinski definition) is 5. The first-order valence-electron chi connectivity index (χ1n) is 8.73. The lowest BCUT2D eigenvalue weighted by Gasteiger charge is -2.13. The number of carbonyl (C=O) groups is 1. The Morgan fingerprint density at radius 3 is 2.48 bits per heavy atom. The quantitative estimate of drug-likeness (QED) is 0.741. The minimum atomic E-state index is -0.151. The van der Waals surface area contributed by atoms with Crippen LogP contribution in [0.3, 0.4) is 0 Å². The average Bonchev–Trinajstić information content (AvgIpc) is 3.03. The van der Waals surface area contributed by atoms with Crippen molar-refractivity contribution in [1.82, 2.24) is 25.1 Å². The lowest BCUT2D eigenvalue weighted by atomic mass is 9.92. The molecular weight excluding hydrogens is 340 g/mol. The third-order valence-electron chi connectivity index (χ3n) is 4.27. The molecule has 0 saturated heterocycles. The number of nitrogens with zero attached hydrogens (tertiary/aromatic N) is 4. The average molecular weight is 364 g/mol. The molecule has 140 valence electrons. The van der Waals surface area contributed by atoms with Gasteiger partial charge in [0.1, 0.15) is 5.69 Å². The molecule has 3 rings (SSSR count). The van der Waals surface area contributed by atoms with Gasteiger partial charge in [0.2, 0.25) is 5.95 Å². The Morgan fingerprint density at radius 2 is 1.85 bits per heavy atom. The second-order valence-corrected chi connectivity index (χ2v) is 7.50. The SMILES string of the molecule is Cn1nc(C(C)(C)C)cc1C(=O)NCc1cccc(-c2cnc(N)nc2)c1. The normalized spacial score (nSPS) is 11.4. The van der Waals surface area contributed by atoms with E-state index in [9.17, 15) is 4.79 Å². The molecule has 2 heterocycles. The molecule has 27 heavy (non-hydrogen) atoms. The van der Waals surface area contributed by atoms with Crippen LogP contribution in [0.1, 0.15) is 42.5 Å². The molecule has 7 nitrogen and oxygen atoms in total. The number of carbonyl (C=O) groups excluding carboxylic acids is 1. The molecule has 2 aromatic heterocycles. The van der Waals surface area contributed by atoms with E-state index in [0.29, 0.717) is 12.2 Å². The molecule has 0 aliphatic rings. The lowest BCUT2D eigenvalue weighted by molar-refractivity contribution is 0.0941. The van der Waals surface area contributed by atoms with Gasteiger partial charge in [0, 0.05) is 37.0 Å². The Labute approximate surface area is 158 Å². The van der Waals surface area contributed by atoms with Gasteiger partial charge in [-0.05, 0) is 23.3 Å². The number of nitrogens with one attached hydrogen (secondary N) is 1. The van der Waals surface area contributed by atoms with Gasteiger partial charge < -0.3 is 11.1 Å². The van der Waals surface area contributed by atoms with Crippen LogP contribution >= 0.6 is 0 Å². The highest BCUT2D eigenvalue weighted by Crippen LogP contribution is 2.22. The second kappa shape index (κ2) is 7.19. The van der Waals surface area contributed by atoms with Crippen molar-refractivity contribution < 1.29 is 4.79 Å². The molecule has 0 fully saturated rings. The van der Waals surface area contributed by atoms with Crippen LogP contribution in [0.15, 0.2) is 42.7 Å². The summed E-state index contributed by atoms with van der Waals surface area (Å²) in [5.74, 6) is 0.0923. The van der Waals surface area contributed by atoms with Crippen LogP contribution in [-0.2, 0) is 19.0 Å². The van der Waals surface area contributed by atoms with Gasteiger partial charge in [-0.15, -0.1) is 0 Å². The van der Waals surface area contributed by atoms with Gasteiger partial charge in [0.05, 0.1) is 5.69 Å². The van der Waals surface area contributed by atoms with Crippen LogP contribution < -0.4 is 11.1 Å². The summed E-state index contributed by atoms with van der Waals surface area (Å²) < 4.78 is 1.62. The summed E-state index contributed by atoms with van der Waals surface area (Å²) in [5.41, 5.74) is 9.69. The monoisotopic (exact) mass is 364 g/mol. The fraction of sp³-hybridized carbons (Fsp3) is 0.300. The van der Waals surface area contributed by atoms with E-state index in [1.807, 2.05) is 30.3 Å². The molecule has 0 radical (unpaired) electrons. The summed E-state index contributed by atoms with van der Waals surface area (Å²) in [6.45, 7) is 6.63. The van der Waals surface area contributed by atoms with Crippen molar-refractivity contribution in [3.05, 3.63) is 59.7 Å². The molecule has 0 atom stereocenters. The minimum Gasteiger partial charge on any atom is -0.368 e. The smallest absolute Gasteiger partial charge is 0.269 e. The number of aryl methyl sites for hydroxylation is 1. The number of rotatable bonds is 4. The first-order chi connectivity index (χ1) is 12.7. The molecule has 3 aromatic rings. The number of amides is 1. The van der Waals surface area contributed by atoms with Crippen LogP contribution in [0.2, 0.25) is 0 Å². The maximum atomic E-state index is 12.6. The highest BCUT2D eigenvalue weighted by Gasteiger charge is 2.21. The van der Waals surface area contributed by atoms with E-state index in [1.165, 1.54) is 0 Å². The van der Waals surface area contributed by atoms with Gasteiger partial charge in [-0.1, -0.05) is 39.0 Å². The van der Waals surface area contributed by atoms with Gasteiger partial charge in [-0.3, -0.25) is 9.48 Å². The molecule has 0 bridgehead atoms. The topological polar surface area (TPSA) is 98.7 Å². The molecule has 1 aromatic carbocycles. The van der Waals surface area contributed by atoms with Crippen molar-refractivity contribution in [2.45, 2.75) is 32.7 Å². The molecule has 0 saturated carbocycles. The largest absolute Gasteiger partial charge is 0.368 e. The molecule has 0 aliphatic carbocycles. The van der Waals surface area contributed by atoms with Crippen molar-refractivity contribution in [3.63, 3.8) is 0 Å². The van der Waals surface area contributed by atoms with Crippen LogP contribution in [0.25, 0.3) is 11.1 Å². The number of aromatic nitrogens is 4. The van der Waals surface area contributed by atoms with Gasteiger partial charge in [0.25, 0.3) is 5.91 Å². The molecular formula is C20H24N6O. The Bertz CT molecular complexity index is 953. The maximum Gasteiger partial charge on any atom is 0.269 e. The number of nitrogen functional groups attached to an aromatic ring is 1. The molecule has 0 spiro atoms. The fourth-order valence-corrected chi connectivity index (χ4v) is 2.67. The van der Waals surface area contributed by atoms with Crippen LogP contribution in [0.4, 0.5) is 5.95 Å². The number of hydrogen-bond donors (Lipinski definition) is 2. The van der Waals surface area contributed by atoms with Crippen molar-refractivity contribution in [1.29, 1.82) is 0 Å². The minimum absolute atomic E-state index is 0.105. The summed E-state index contributed by atoms with van der Waals surface area (Å²) in [6, 6.07) is 9.72. The predicted molar refractivity (Wildman–Crippen MR) is 105 cm³/mol. The molecule has 1 amide bonds. The van der Waals surface area contributed by atoms with Gasteiger partial charge in [-0.25, -0.2) is 9.97 Å². The molecule has 3 N–H and O–H groups in total. The zero-order valence-electron chi connectivity index (χ0n) is 16.0. The van der Waals surface area contributed by atoms with Crippen molar-refractivity contribution in [3.8, 4) is 11.1 Å². The lowest BCUT2D eigenvalue weighted by Crippen LogP contribution is -2.25. The summed E-state index contributed by atoms with van der Waals surface area (Å²) in [6.07, 6.45) is 3.37. The van der Waals surface area contributed by atoms with Gasteiger partial charge in [0.15, 0.2) is 0 Å². The zero-order valence-corrected chi connectivity index (χ0v) is 16.0. The number of benzene rings is 1. The third-order valence-corrected chi connectivity index (χ3v) is 4.27. The van der Waals surface area contributed by atoms with Crippen molar-refractivity contribution in [2.75, 3.05) is 5.73 Å². The standard InChI is InChI=1S/C20H24N6O/c1-20(2,3)17-9-16(26(4)25-17)18(27)22-10-13-6-5-7-14(8-13)15-11-23-19(21)24-12-15/h5-9,11-12H,10H2,1-4H3,(H,22,27)(H2,21,23,24). The molecule has 7 heteroatoms. The van der Waals surface area contributed by atoms with Gasteiger partial charge >= 0.3 is 0 Å². The summed E-state index contributed by atoms with van der Waals surface area (Å²) in [4.78, 5) is 20.6. The van der Waals surface area contributed by atoms with E-state index in [0.717, 1.165) is 22.4 Å². The zero-order chi connectivity index (χ0) is 19.6. The highest BCUT2D eigenvalue weighted by atomic mass is 16.2. The molecule has 0 aliphatic heterocycles. The number of anilines is 1. The van der Waals surface area contributed by atoms with E-state index in [-0.39, 0.29) is 17.3 Å². The van der Waals surface area contributed by atoms with Crippen LogP contribution in [-0.4, -0.2) is 25.7 Å².